The number of nitrogens with zero attached hydrogens (tertiary/aromatic N) is 1. The first kappa shape index (κ1) is 23.2. The number of para-hydroxylation sites is 1. The Bertz CT molecular complexity index is 968. The molecule has 1 aliphatic heterocycles. The maximum absolute atomic E-state index is 13.1. The minimum Gasteiger partial charge on any atom is -0.550 e. The zero-order valence-corrected chi connectivity index (χ0v) is 19.4. The van der Waals surface area contributed by atoms with E-state index in [2.05, 4.69) is 5.32 Å². The summed E-state index contributed by atoms with van der Waals surface area (Å²) in [6.07, 6.45) is 1.14. The predicted molar refractivity (Wildman–Crippen MR) is 102 cm³/mol. The van der Waals surface area contributed by atoms with E-state index >= 15 is 0 Å². The van der Waals surface area contributed by atoms with E-state index in [-0.39, 0.29) is 46.9 Å². The molecule has 1 unspecified atom stereocenters. The summed E-state index contributed by atoms with van der Waals surface area (Å²) >= 11 is 6.07. The van der Waals surface area contributed by atoms with Gasteiger partial charge in [-0.25, -0.2) is 8.42 Å². The number of nitrogens with one attached hydrogen (secondary N) is 1. The third kappa shape index (κ3) is 4.72. The van der Waals surface area contributed by atoms with E-state index in [9.17, 15) is 18.3 Å². The molecule has 1 atom stereocenters. The number of fused-ring (bicyclic) bond motifs is 2. The van der Waals surface area contributed by atoms with Crippen LogP contribution < -0.4 is 44.3 Å². The zero-order chi connectivity index (χ0) is 19.6. The molecule has 9 heteroatoms. The second kappa shape index (κ2) is 9.61. The normalized spacial score (nSPS) is 17.1. The number of benzene rings is 2. The summed E-state index contributed by atoms with van der Waals surface area (Å²) < 4.78 is 27.5. The first-order chi connectivity index (χ1) is 12.8. The van der Waals surface area contributed by atoms with Crippen LogP contribution in [0.1, 0.15) is 36.4 Å². The average Bonchev–Trinajstić information content (AvgIpc) is 2.70. The molecule has 2 aromatic rings. The van der Waals surface area contributed by atoms with Crippen molar-refractivity contribution in [3.05, 3.63) is 58.6 Å². The minimum absolute atomic E-state index is 0. The topological polar surface area (TPSA) is 89.5 Å². The fourth-order valence-electron chi connectivity index (χ4n) is 3.29. The van der Waals surface area contributed by atoms with Crippen molar-refractivity contribution in [1.29, 1.82) is 0 Å². The number of carbonyl (C=O) groups excluding carboxylic acids is 1. The van der Waals surface area contributed by atoms with E-state index in [0.29, 0.717) is 35.7 Å². The number of rotatable bonds is 6. The minimum atomic E-state index is -3.75. The first-order valence-corrected chi connectivity index (χ1v) is 10.4. The van der Waals surface area contributed by atoms with E-state index < -0.39 is 16.0 Å². The Labute approximate surface area is 192 Å². The van der Waals surface area contributed by atoms with Crippen molar-refractivity contribution in [2.75, 3.05) is 17.9 Å². The summed E-state index contributed by atoms with van der Waals surface area (Å²) in [4.78, 5) is 10.7. The van der Waals surface area contributed by atoms with Crippen LogP contribution in [0.25, 0.3) is 0 Å². The Morgan fingerprint density at radius 3 is 2.61 bits per heavy atom. The van der Waals surface area contributed by atoms with Crippen LogP contribution in [-0.4, -0.2) is 28.0 Å². The van der Waals surface area contributed by atoms with Gasteiger partial charge in [-0.2, -0.15) is 0 Å². The summed E-state index contributed by atoms with van der Waals surface area (Å²) in [5.74, 6) is -1.07. The fraction of sp³-hybridized carbons (Fsp3) is 0.316. The third-order valence-electron chi connectivity index (χ3n) is 4.67. The van der Waals surface area contributed by atoms with Gasteiger partial charge in [-0.1, -0.05) is 35.9 Å². The Balaban J connectivity index is 0.00000280. The number of aliphatic carboxylic acids is 1. The second-order valence-corrected chi connectivity index (χ2v) is 8.80. The number of unbranched alkanes of at least 4 members (excludes halogenated alkanes) is 1. The average molecular weight is 431 g/mol. The molecule has 28 heavy (non-hydrogen) atoms. The fourth-order valence-corrected chi connectivity index (χ4v) is 5.01. The van der Waals surface area contributed by atoms with Gasteiger partial charge in [0.2, 0.25) is 0 Å². The number of anilines is 1. The standard InChI is InChI=1S/C19H21ClN2O4S.Na/c1-22-16-7-3-2-6-14(16)19(21-11-5-4-8-18(23)24)15-10-9-13(20)12-17(15)27(22,25)26;/h2-3,6-7,9-10,12,19,21H,4-5,8,11H2,1H3,(H,23,24);/q;+1/p-1. The summed E-state index contributed by atoms with van der Waals surface area (Å²) in [7, 11) is -2.22. The van der Waals surface area contributed by atoms with Gasteiger partial charge in [0.15, 0.2) is 0 Å². The van der Waals surface area contributed by atoms with Crippen LogP contribution in [0.4, 0.5) is 5.69 Å². The smallest absolute Gasteiger partial charge is 0.550 e. The molecule has 0 spiro atoms. The number of halogens is 1. The van der Waals surface area contributed by atoms with Crippen molar-refractivity contribution < 1.29 is 47.9 Å². The van der Waals surface area contributed by atoms with Crippen LogP contribution in [0.5, 0.6) is 0 Å². The molecule has 0 amide bonds. The van der Waals surface area contributed by atoms with Gasteiger partial charge in [0, 0.05) is 18.0 Å². The van der Waals surface area contributed by atoms with E-state index in [0.717, 1.165) is 5.56 Å². The Morgan fingerprint density at radius 2 is 1.89 bits per heavy atom. The number of sulfonamides is 1. The molecule has 0 fully saturated rings. The molecule has 0 saturated heterocycles. The monoisotopic (exact) mass is 430 g/mol. The van der Waals surface area contributed by atoms with Crippen LogP contribution in [0, 0.1) is 0 Å². The van der Waals surface area contributed by atoms with E-state index in [1.54, 1.807) is 24.3 Å². The van der Waals surface area contributed by atoms with E-state index in [4.69, 9.17) is 11.6 Å². The van der Waals surface area contributed by atoms with Crippen molar-refractivity contribution in [3.8, 4) is 0 Å². The summed E-state index contributed by atoms with van der Waals surface area (Å²) in [5.41, 5.74) is 2.05. The van der Waals surface area contributed by atoms with E-state index in [1.807, 2.05) is 12.1 Å². The number of carboxylic acid groups (broad SMARTS) is 1. The zero-order valence-electron chi connectivity index (χ0n) is 15.8. The molecule has 2 aromatic carbocycles. The molecule has 1 heterocycles. The molecule has 144 valence electrons. The Hall–Kier alpha value is -1.09. The number of carbonyl (C=O) groups is 1. The molecule has 1 N–H and O–H groups in total. The third-order valence-corrected chi connectivity index (χ3v) is 6.73. The van der Waals surface area contributed by atoms with Crippen LogP contribution in [0.15, 0.2) is 47.4 Å². The molecule has 1 aliphatic rings. The SMILES string of the molecule is CN1c2ccccc2C(NCCCCC(=O)[O-])c2ccc(Cl)cc2S1(=O)=O.[Na+]. The van der Waals surface area contributed by atoms with Gasteiger partial charge in [-0.05, 0) is 55.1 Å². The van der Waals surface area contributed by atoms with Crippen LogP contribution in [0.2, 0.25) is 5.02 Å². The predicted octanol–water partition coefficient (Wildman–Crippen LogP) is -0.918. The number of carboxylic acids is 1. The molecule has 0 radical (unpaired) electrons. The molecule has 0 saturated carbocycles. The summed E-state index contributed by atoms with van der Waals surface area (Å²) in [5, 5.41) is 14.3. The molecule has 0 aromatic heterocycles. The molecular weight excluding hydrogens is 411 g/mol. The van der Waals surface area contributed by atoms with E-state index in [1.165, 1.54) is 17.4 Å². The van der Waals surface area contributed by atoms with Crippen molar-refractivity contribution in [1.82, 2.24) is 5.32 Å². The second-order valence-electron chi connectivity index (χ2n) is 6.43. The Kier molecular flexibility index (Phi) is 7.96. The van der Waals surface area contributed by atoms with Crippen LogP contribution in [0.3, 0.4) is 0 Å². The quantitative estimate of drug-likeness (QED) is 0.473. The largest absolute Gasteiger partial charge is 1.00 e. The van der Waals surface area contributed by atoms with Crippen molar-refractivity contribution >= 4 is 33.3 Å². The molecular formula is C19H20ClN2NaO4S. The van der Waals surface area contributed by atoms with Gasteiger partial charge in [0.1, 0.15) is 0 Å². The van der Waals surface area contributed by atoms with Crippen LogP contribution >= 0.6 is 11.6 Å². The van der Waals surface area contributed by atoms with Gasteiger partial charge in [-0.15, -0.1) is 0 Å². The summed E-state index contributed by atoms with van der Waals surface area (Å²) in [6.45, 7) is 0.540. The molecule has 6 nitrogen and oxygen atoms in total. The van der Waals surface area contributed by atoms with Crippen molar-refractivity contribution in [2.45, 2.75) is 30.2 Å². The van der Waals surface area contributed by atoms with Gasteiger partial charge in [0.25, 0.3) is 10.0 Å². The number of hydrogen-bond acceptors (Lipinski definition) is 5. The van der Waals surface area contributed by atoms with Gasteiger partial charge in [0.05, 0.1) is 16.6 Å². The number of hydrogen-bond donors (Lipinski definition) is 1. The van der Waals surface area contributed by atoms with Crippen LogP contribution in [-0.2, 0) is 14.8 Å². The van der Waals surface area contributed by atoms with Crippen molar-refractivity contribution in [3.63, 3.8) is 0 Å². The van der Waals surface area contributed by atoms with Gasteiger partial charge < -0.3 is 15.2 Å². The molecule has 3 rings (SSSR count). The van der Waals surface area contributed by atoms with Gasteiger partial charge >= 0.3 is 29.6 Å². The molecule has 0 aliphatic carbocycles. The van der Waals surface area contributed by atoms with Crippen molar-refractivity contribution in [2.24, 2.45) is 0 Å². The summed E-state index contributed by atoms with van der Waals surface area (Å²) in [6, 6.07) is 11.8. The van der Waals surface area contributed by atoms with Gasteiger partial charge in [-0.3, -0.25) is 4.31 Å². The first-order valence-electron chi connectivity index (χ1n) is 8.63. The maximum Gasteiger partial charge on any atom is 1.00 e. The Morgan fingerprint density at radius 1 is 1.18 bits per heavy atom. The maximum atomic E-state index is 13.1. The molecule has 0 bridgehead atoms.